The molecule has 1 amide bonds. The molecule has 1 N–H and O–H groups in total. The summed E-state index contributed by atoms with van der Waals surface area (Å²) >= 11 is 0. The number of rotatable bonds is 3. The number of hydrogen-bond donors (Lipinski definition) is 1. The van der Waals surface area contributed by atoms with Crippen molar-refractivity contribution in [3.63, 3.8) is 0 Å². The molecule has 138 valence electrons. The molecule has 0 saturated carbocycles. The van der Waals surface area contributed by atoms with Gasteiger partial charge in [0.2, 0.25) is 0 Å². The summed E-state index contributed by atoms with van der Waals surface area (Å²) < 4.78 is 52.3. The van der Waals surface area contributed by atoms with E-state index in [1.165, 1.54) is 41.4 Å². The first kappa shape index (κ1) is 18.2. The van der Waals surface area contributed by atoms with Gasteiger partial charge in [0.15, 0.2) is 0 Å². The summed E-state index contributed by atoms with van der Waals surface area (Å²) in [5, 5.41) is 2.85. The second kappa shape index (κ2) is 7.31. The smallest absolute Gasteiger partial charge is 0.339 e. The zero-order chi connectivity index (χ0) is 18.7. The summed E-state index contributed by atoms with van der Waals surface area (Å²) in [5.41, 5.74) is 0.546. The Morgan fingerprint density at radius 3 is 2.77 bits per heavy atom. The Bertz CT molecular complexity index is 794. The second-order valence-electron chi connectivity index (χ2n) is 6.17. The van der Waals surface area contributed by atoms with E-state index in [-0.39, 0.29) is 30.9 Å². The lowest BCUT2D eigenvalue weighted by Gasteiger charge is -2.34. The van der Waals surface area contributed by atoms with E-state index in [1.807, 2.05) is 0 Å². The average molecular weight is 367 g/mol. The molecule has 1 aromatic carbocycles. The molecule has 0 bridgehead atoms. The third kappa shape index (κ3) is 4.12. The first-order chi connectivity index (χ1) is 12.3. The minimum absolute atomic E-state index is 0.0225. The molecule has 1 aliphatic rings. The Hall–Kier alpha value is -2.64. The maximum absolute atomic E-state index is 13.3. The van der Waals surface area contributed by atoms with Crippen molar-refractivity contribution in [1.82, 2.24) is 9.88 Å². The van der Waals surface area contributed by atoms with Gasteiger partial charge in [-0.25, -0.2) is 9.37 Å². The van der Waals surface area contributed by atoms with Crippen molar-refractivity contribution >= 4 is 17.4 Å². The van der Waals surface area contributed by atoms with Crippen LogP contribution in [-0.2, 0) is 0 Å². The average Bonchev–Trinajstić information content (AvgIpc) is 2.61. The van der Waals surface area contributed by atoms with Crippen LogP contribution in [0.2, 0.25) is 0 Å². The molecular formula is C18H17F4N3O. The van der Waals surface area contributed by atoms with Crippen LogP contribution in [0.4, 0.5) is 29.1 Å². The Labute approximate surface area is 147 Å². The van der Waals surface area contributed by atoms with E-state index in [9.17, 15) is 22.4 Å². The zero-order valence-electron chi connectivity index (χ0n) is 13.8. The number of pyridine rings is 1. The van der Waals surface area contributed by atoms with Crippen molar-refractivity contribution in [3.05, 3.63) is 54.0 Å². The van der Waals surface area contributed by atoms with Crippen LogP contribution < -0.4 is 5.32 Å². The fourth-order valence-electron chi connectivity index (χ4n) is 2.98. The summed E-state index contributed by atoms with van der Waals surface area (Å²) in [6.45, 7) is -0.101. The van der Waals surface area contributed by atoms with Crippen molar-refractivity contribution in [2.75, 3.05) is 18.4 Å². The quantitative estimate of drug-likeness (QED) is 0.819. The van der Waals surface area contributed by atoms with Crippen LogP contribution in [0.15, 0.2) is 42.6 Å². The molecule has 2 aromatic rings. The molecule has 4 nitrogen and oxygen atoms in total. The van der Waals surface area contributed by atoms with Gasteiger partial charge in [-0.3, -0.25) is 4.79 Å². The van der Waals surface area contributed by atoms with Gasteiger partial charge in [-0.1, -0.05) is 6.07 Å². The topological polar surface area (TPSA) is 45.2 Å². The van der Waals surface area contributed by atoms with E-state index in [0.29, 0.717) is 12.1 Å². The van der Waals surface area contributed by atoms with Crippen molar-refractivity contribution in [2.24, 2.45) is 5.92 Å². The van der Waals surface area contributed by atoms with E-state index in [0.717, 1.165) is 0 Å². The summed E-state index contributed by atoms with van der Waals surface area (Å²) in [6.07, 6.45) is -2.55. The first-order valence-corrected chi connectivity index (χ1v) is 8.18. The van der Waals surface area contributed by atoms with Gasteiger partial charge in [0.25, 0.3) is 5.91 Å². The Morgan fingerprint density at radius 2 is 2.04 bits per heavy atom. The van der Waals surface area contributed by atoms with Crippen LogP contribution in [0.5, 0.6) is 0 Å². The highest BCUT2D eigenvalue weighted by Gasteiger charge is 2.43. The molecule has 1 aromatic heterocycles. The Kier molecular flexibility index (Phi) is 5.11. The van der Waals surface area contributed by atoms with Gasteiger partial charge >= 0.3 is 6.18 Å². The fourth-order valence-corrected chi connectivity index (χ4v) is 2.98. The minimum atomic E-state index is -4.32. The molecular weight excluding hydrogens is 350 g/mol. The van der Waals surface area contributed by atoms with Crippen LogP contribution in [0.25, 0.3) is 0 Å². The number of carbonyl (C=O) groups is 1. The fraction of sp³-hybridized carbons (Fsp3) is 0.333. The summed E-state index contributed by atoms with van der Waals surface area (Å²) in [7, 11) is 0. The van der Waals surface area contributed by atoms with Gasteiger partial charge in [-0.2, -0.15) is 13.2 Å². The largest absolute Gasteiger partial charge is 0.393 e. The number of anilines is 2. The lowest BCUT2D eigenvalue weighted by atomic mass is 9.97. The number of piperidine rings is 1. The van der Waals surface area contributed by atoms with Gasteiger partial charge in [-0.15, -0.1) is 0 Å². The molecule has 8 heteroatoms. The lowest BCUT2D eigenvalue weighted by Crippen LogP contribution is -2.44. The monoisotopic (exact) mass is 367 g/mol. The van der Waals surface area contributed by atoms with Crippen molar-refractivity contribution in [2.45, 2.75) is 19.0 Å². The number of hydrogen-bond acceptors (Lipinski definition) is 3. The SMILES string of the molecule is O=C(c1cccnc1Nc1cccc(F)c1)N1CCC[C@@H](C(F)(F)F)C1. The molecule has 1 fully saturated rings. The highest BCUT2D eigenvalue weighted by atomic mass is 19.4. The predicted molar refractivity (Wildman–Crippen MR) is 88.6 cm³/mol. The number of amides is 1. The molecule has 2 heterocycles. The van der Waals surface area contributed by atoms with E-state index in [4.69, 9.17) is 0 Å². The highest BCUT2D eigenvalue weighted by Crippen LogP contribution is 2.34. The normalized spacial score (nSPS) is 17.8. The summed E-state index contributed by atoms with van der Waals surface area (Å²) in [5.74, 6) is -2.32. The number of nitrogens with zero attached hydrogens (tertiary/aromatic N) is 2. The predicted octanol–water partition coefficient (Wildman–Crippen LogP) is 4.38. The zero-order valence-corrected chi connectivity index (χ0v) is 13.8. The molecule has 1 saturated heterocycles. The molecule has 26 heavy (non-hydrogen) atoms. The van der Waals surface area contributed by atoms with Crippen LogP contribution in [-0.4, -0.2) is 35.1 Å². The molecule has 1 atom stereocenters. The first-order valence-electron chi connectivity index (χ1n) is 8.18. The van der Waals surface area contributed by atoms with Gasteiger partial charge in [0, 0.05) is 25.0 Å². The number of aromatic nitrogens is 1. The van der Waals surface area contributed by atoms with E-state index >= 15 is 0 Å². The van der Waals surface area contributed by atoms with E-state index < -0.39 is 23.8 Å². The number of benzene rings is 1. The molecule has 1 aliphatic heterocycles. The van der Waals surface area contributed by atoms with Gasteiger partial charge in [-0.05, 0) is 43.2 Å². The Balaban J connectivity index is 1.81. The number of alkyl halides is 3. The highest BCUT2D eigenvalue weighted by molar-refractivity contribution is 5.99. The van der Waals surface area contributed by atoms with Crippen molar-refractivity contribution in [1.29, 1.82) is 0 Å². The van der Waals surface area contributed by atoms with Crippen molar-refractivity contribution in [3.8, 4) is 0 Å². The minimum Gasteiger partial charge on any atom is -0.339 e. The third-order valence-corrected chi connectivity index (χ3v) is 4.30. The number of nitrogens with one attached hydrogen (secondary N) is 1. The summed E-state index contributed by atoms with van der Waals surface area (Å²) in [4.78, 5) is 18.0. The van der Waals surface area contributed by atoms with Gasteiger partial charge < -0.3 is 10.2 Å². The number of carbonyl (C=O) groups excluding carboxylic acids is 1. The lowest BCUT2D eigenvalue weighted by molar-refractivity contribution is -0.184. The van der Waals surface area contributed by atoms with Crippen molar-refractivity contribution < 1.29 is 22.4 Å². The van der Waals surface area contributed by atoms with Gasteiger partial charge in [0.05, 0.1) is 11.5 Å². The third-order valence-electron chi connectivity index (χ3n) is 4.30. The van der Waals surface area contributed by atoms with E-state index in [1.54, 1.807) is 6.07 Å². The number of halogens is 4. The maximum Gasteiger partial charge on any atom is 0.393 e. The van der Waals surface area contributed by atoms with Crippen LogP contribution in [0, 0.1) is 11.7 Å². The molecule has 0 unspecified atom stereocenters. The Morgan fingerprint density at radius 1 is 1.23 bits per heavy atom. The van der Waals surface area contributed by atoms with Crippen LogP contribution in [0.3, 0.4) is 0 Å². The van der Waals surface area contributed by atoms with Crippen LogP contribution >= 0.6 is 0 Å². The second-order valence-corrected chi connectivity index (χ2v) is 6.17. The molecule has 0 aliphatic carbocycles. The van der Waals surface area contributed by atoms with Crippen LogP contribution in [0.1, 0.15) is 23.2 Å². The standard InChI is InChI=1S/C18H17F4N3O/c19-13-5-1-6-14(10-13)24-16-15(7-2-8-23-16)17(26)25-9-3-4-12(11-25)18(20,21)22/h1-2,5-8,10,12H,3-4,9,11H2,(H,23,24)/t12-/m1/s1. The summed E-state index contributed by atoms with van der Waals surface area (Å²) in [6, 6.07) is 8.65. The molecule has 0 radical (unpaired) electrons. The molecule has 0 spiro atoms. The van der Waals surface area contributed by atoms with Gasteiger partial charge in [0.1, 0.15) is 11.6 Å². The molecule has 3 rings (SSSR count). The maximum atomic E-state index is 13.3. The van der Waals surface area contributed by atoms with E-state index in [2.05, 4.69) is 10.3 Å². The number of likely N-dealkylation sites (tertiary alicyclic amines) is 1.